The lowest BCUT2D eigenvalue weighted by Gasteiger charge is -2.21. The fraction of sp³-hybridized carbons (Fsp3) is 0.636. The number of rotatable bonds is 3. The summed E-state index contributed by atoms with van der Waals surface area (Å²) in [5.41, 5.74) is -0.102. The van der Waals surface area contributed by atoms with Crippen molar-refractivity contribution in [1.29, 1.82) is 0 Å². The van der Waals surface area contributed by atoms with Crippen LogP contribution in [0.1, 0.15) is 33.6 Å². The summed E-state index contributed by atoms with van der Waals surface area (Å²) in [5.74, 6) is 4.94. The van der Waals surface area contributed by atoms with E-state index in [0.29, 0.717) is 12.8 Å². The molecule has 0 aromatic heterocycles. The highest BCUT2D eigenvalue weighted by atomic mass is 16.7. The van der Waals surface area contributed by atoms with Gasteiger partial charge in [-0.3, -0.25) is 0 Å². The van der Waals surface area contributed by atoms with E-state index >= 15 is 0 Å². The van der Waals surface area contributed by atoms with Crippen molar-refractivity contribution in [3.8, 4) is 11.8 Å². The van der Waals surface area contributed by atoms with Gasteiger partial charge in [0, 0.05) is 6.42 Å². The van der Waals surface area contributed by atoms with Gasteiger partial charge in [0.15, 0.2) is 6.61 Å². The molecule has 0 aliphatic carbocycles. The Kier molecular flexibility index (Phi) is 3.73. The molecule has 82 valence electrons. The van der Waals surface area contributed by atoms with E-state index in [-0.39, 0.29) is 12.6 Å². The van der Waals surface area contributed by atoms with E-state index in [2.05, 4.69) is 17.0 Å². The minimum absolute atomic E-state index is 0.111. The second kappa shape index (κ2) is 4.83. The fourth-order valence-corrected chi connectivity index (χ4v) is 1.39. The molecule has 0 aromatic rings. The Bertz CT molecular complexity index is 337. The maximum atomic E-state index is 11.7. The average molecular weight is 209 g/mol. The number of carbonyl (C=O) groups is 1. The van der Waals surface area contributed by atoms with Gasteiger partial charge < -0.3 is 9.57 Å². The standard InChI is InChI=1S/C11H15NO3/c1-4-6-7-14-10(13)11(5-2)8-9(3)12-15-11/h5,7-8H2,1-3H3. The zero-order valence-corrected chi connectivity index (χ0v) is 9.29. The molecule has 0 spiro atoms. The fourth-order valence-electron chi connectivity index (χ4n) is 1.39. The molecule has 4 nitrogen and oxygen atoms in total. The molecular weight excluding hydrogens is 194 g/mol. The largest absolute Gasteiger partial charge is 0.449 e. The molecule has 0 amide bonds. The summed E-state index contributed by atoms with van der Waals surface area (Å²) in [6, 6.07) is 0. The van der Waals surface area contributed by atoms with Gasteiger partial charge in [0.2, 0.25) is 5.60 Å². The van der Waals surface area contributed by atoms with Gasteiger partial charge in [-0.25, -0.2) is 4.79 Å². The molecule has 0 saturated carbocycles. The number of hydrogen-bond acceptors (Lipinski definition) is 4. The second-order valence-corrected chi connectivity index (χ2v) is 3.45. The van der Waals surface area contributed by atoms with Gasteiger partial charge in [0.1, 0.15) is 0 Å². The summed E-state index contributed by atoms with van der Waals surface area (Å²) in [6.07, 6.45) is 1.05. The van der Waals surface area contributed by atoms with E-state index < -0.39 is 5.60 Å². The maximum absolute atomic E-state index is 11.7. The van der Waals surface area contributed by atoms with Gasteiger partial charge in [-0.15, -0.1) is 5.92 Å². The van der Waals surface area contributed by atoms with Gasteiger partial charge >= 0.3 is 5.97 Å². The van der Waals surface area contributed by atoms with Gasteiger partial charge in [-0.1, -0.05) is 18.0 Å². The highest BCUT2D eigenvalue weighted by molar-refractivity contribution is 5.92. The van der Waals surface area contributed by atoms with Crippen LogP contribution in [0.2, 0.25) is 0 Å². The van der Waals surface area contributed by atoms with E-state index in [1.165, 1.54) is 0 Å². The summed E-state index contributed by atoms with van der Waals surface area (Å²) < 4.78 is 5.00. The first-order valence-corrected chi connectivity index (χ1v) is 4.93. The SMILES string of the molecule is CC#CCOC(=O)C1(CC)CC(C)=NO1. The Balaban J connectivity index is 2.58. The number of nitrogens with zero attached hydrogens (tertiary/aromatic N) is 1. The quantitative estimate of drug-likeness (QED) is 0.522. The zero-order chi connectivity index (χ0) is 11.3. The van der Waals surface area contributed by atoms with Crippen molar-refractivity contribution in [2.75, 3.05) is 6.61 Å². The van der Waals surface area contributed by atoms with Crippen molar-refractivity contribution in [3.05, 3.63) is 0 Å². The molecule has 4 heteroatoms. The Labute approximate surface area is 89.6 Å². The molecule has 0 fully saturated rings. The van der Waals surface area contributed by atoms with E-state index in [0.717, 1.165) is 5.71 Å². The molecule has 1 rings (SSSR count). The first-order chi connectivity index (χ1) is 7.14. The molecular formula is C11H15NO3. The summed E-state index contributed by atoms with van der Waals surface area (Å²) >= 11 is 0. The lowest BCUT2D eigenvalue weighted by atomic mass is 9.95. The number of oxime groups is 1. The van der Waals surface area contributed by atoms with Crippen LogP contribution in [0.25, 0.3) is 0 Å². The molecule has 1 unspecified atom stereocenters. The molecule has 1 atom stereocenters. The topological polar surface area (TPSA) is 47.9 Å². The summed E-state index contributed by atoms with van der Waals surface area (Å²) in [7, 11) is 0. The zero-order valence-electron chi connectivity index (χ0n) is 9.29. The lowest BCUT2D eigenvalue weighted by molar-refractivity contribution is -0.168. The Morgan fingerprint density at radius 1 is 1.73 bits per heavy atom. The molecule has 0 saturated heterocycles. The highest BCUT2D eigenvalue weighted by Gasteiger charge is 2.45. The molecule has 0 bridgehead atoms. The maximum Gasteiger partial charge on any atom is 0.354 e. The third kappa shape index (κ3) is 2.50. The van der Waals surface area contributed by atoms with E-state index in [9.17, 15) is 4.79 Å². The molecule has 15 heavy (non-hydrogen) atoms. The first-order valence-electron chi connectivity index (χ1n) is 4.93. The van der Waals surface area contributed by atoms with E-state index in [4.69, 9.17) is 9.57 Å². The normalized spacial score (nSPS) is 23.5. The lowest BCUT2D eigenvalue weighted by Crippen LogP contribution is -2.39. The Morgan fingerprint density at radius 3 is 2.93 bits per heavy atom. The van der Waals surface area contributed by atoms with Gasteiger partial charge in [-0.05, 0) is 20.3 Å². The van der Waals surface area contributed by atoms with Crippen LogP contribution in [0.3, 0.4) is 0 Å². The van der Waals surface area contributed by atoms with Crippen LogP contribution >= 0.6 is 0 Å². The van der Waals surface area contributed by atoms with Crippen molar-refractivity contribution >= 4 is 11.7 Å². The molecule has 0 N–H and O–H groups in total. The van der Waals surface area contributed by atoms with Gasteiger partial charge in [-0.2, -0.15) is 0 Å². The van der Waals surface area contributed by atoms with E-state index in [1.807, 2.05) is 13.8 Å². The number of hydrogen-bond donors (Lipinski definition) is 0. The van der Waals surface area contributed by atoms with Crippen LogP contribution in [-0.2, 0) is 14.4 Å². The summed E-state index contributed by atoms with van der Waals surface area (Å²) in [5, 5.41) is 3.79. The Hall–Kier alpha value is -1.50. The van der Waals surface area contributed by atoms with Crippen molar-refractivity contribution in [2.24, 2.45) is 5.16 Å². The van der Waals surface area contributed by atoms with E-state index in [1.54, 1.807) is 6.92 Å². The van der Waals surface area contributed by atoms with Crippen LogP contribution in [0.15, 0.2) is 5.16 Å². The molecule has 1 heterocycles. The second-order valence-electron chi connectivity index (χ2n) is 3.45. The Morgan fingerprint density at radius 2 is 2.47 bits per heavy atom. The number of esters is 1. The van der Waals surface area contributed by atoms with Crippen molar-refractivity contribution < 1.29 is 14.4 Å². The van der Waals surface area contributed by atoms with Crippen LogP contribution in [0.5, 0.6) is 0 Å². The number of carbonyl (C=O) groups excluding carboxylic acids is 1. The summed E-state index contributed by atoms with van der Waals surface area (Å²) in [4.78, 5) is 16.9. The summed E-state index contributed by atoms with van der Waals surface area (Å²) in [6.45, 7) is 5.51. The third-order valence-electron chi connectivity index (χ3n) is 2.31. The predicted octanol–water partition coefficient (Wildman–Crippen LogP) is 1.50. The number of ether oxygens (including phenoxy) is 1. The van der Waals surface area contributed by atoms with Crippen molar-refractivity contribution in [3.63, 3.8) is 0 Å². The van der Waals surface area contributed by atoms with Crippen molar-refractivity contribution in [1.82, 2.24) is 0 Å². The molecule has 1 aliphatic rings. The van der Waals surface area contributed by atoms with Crippen LogP contribution in [-0.4, -0.2) is 23.9 Å². The van der Waals surface area contributed by atoms with Crippen LogP contribution < -0.4 is 0 Å². The van der Waals surface area contributed by atoms with Gasteiger partial charge in [0.05, 0.1) is 5.71 Å². The monoisotopic (exact) mass is 209 g/mol. The minimum Gasteiger partial charge on any atom is -0.449 e. The van der Waals surface area contributed by atoms with Crippen LogP contribution in [0.4, 0.5) is 0 Å². The third-order valence-corrected chi connectivity index (χ3v) is 2.31. The van der Waals surface area contributed by atoms with Gasteiger partial charge in [0.25, 0.3) is 0 Å². The predicted molar refractivity (Wildman–Crippen MR) is 56.2 cm³/mol. The van der Waals surface area contributed by atoms with Crippen LogP contribution in [0, 0.1) is 11.8 Å². The smallest absolute Gasteiger partial charge is 0.354 e. The van der Waals surface area contributed by atoms with Crippen molar-refractivity contribution in [2.45, 2.75) is 39.2 Å². The molecule has 0 radical (unpaired) electrons. The molecule has 1 aliphatic heterocycles. The first kappa shape index (κ1) is 11.6. The average Bonchev–Trinajstić information content (AvgIpc) is 2.62. The molecule has 0 aromatic carbocycles. The highest BCUT2D eigenvalue weighted by Crippen LogP contribution is 2.28. The minimum atomic E-state index is -0.917.